The van der Waals surface area contributed by atoms with Crippen LogP contribution in [0, 0.1) is 17.7 Å². The summed E-state index contributed by atoms with van der Waals surface area (Å²) in [6.07, 6.45) is 0.854. The number of nitrogens with two attached hydrogens (primary N) is 1. The van der Waals surface area contributed by atoms with Crippen molar-refractivity contribution in [3.8, 4) is 0 Å². The third-order valence-corrected chi connectivity index (χ3v) is 6.24. The maximum Gasteiger partial charge on any atom is 0.245 e. The van der Waals surface area contributed by atoms with Gasteiger partial charge in [-0.3, -0.25) is 4.79 Å². The van der Waals surface area contributed by atoms with Crippen LogP contribution in [0.2, 0.25) is 0 Å². The minimum Gasteiger partial charge on any atom is -0.356 e. The molecule has 142 valence electrons. The number of amides is 1. The Bertz CT molecular complexity index is 679. The molecule has 0 saturated carbocycles. The summed E-state index contributed by atoms with van der Waals surface area (Å²) < 4.78 is 40.0. The largest absolute Gasteiger partial charge is 0.356 e. The summed E-state index contributed by atoms with van der Waals surface area (Å²) in [5, 5.41) is 2.85. The second-order valence-corrected chi connectivity index (χ2v) is 8.10. The molecule has 1 fully saturated rings. The number of carbonyl (C=O) groups is 1. The van der Waals surface area contributed by atoms with E-state index in [1.807, 2.05) is 6.92 Å². The van der Waals surface area contributed by atoms with Crippen LogP contribution in [0.1, 0.15) is 19.8 Å². The fourth-order valence-corrected chi connectivity index (χ4v) is 4.19. The summed E-state index contributed by atoms with van der Waals surface area (Å²) in [6.45, 7) is 3.38. The molecule has 0 radical (unpaired) electrons. The van der Waals surface area contributed by atoms with Crippen molar-refractivity contribution in [2.45, 2.75) is 24.7 Å². The van der Waals surface area contributed by atoms with Crippen molar-refractivity contribution in [3.63, 3.8) is 0 Å². The molecule has 1 atom stereocenters. The number of benzene rings is 1. The van der Waals surface area contributed by atoms with Gasteiger partial charge >= 0.3 is 0 Å². The van der Waals surface area contributed by atoms with Gasteiger partial charge in [-0.25, -0.2) is 12.8 Å². The van der Waals surface area contributed by atoms with Crippen molar-refractivity contribution < 1.29 is 17.6 Å². The van der Waals surface area contributed by atoms with E-state index in [2.05, 4.69) is 5.32 Å². The molecule has 1 heterocycles. The molecule has 0 aliphatic carbocycles. The fourth-order valence-electron chi connectivity index (χ4n) is 2.65. The van der Waals surface area contributed by atoms with Gasteiger partial charge in [0.15, 0.2) is 0 Å². The van der Waals surface area contributed by atoms with Gasteiger partial charge in [0, 0.05) is 25.6 Å². The summed E-state index contributed by atoms with van der Waals surface area (Å²) in [4.78, 5) is 11.8. The molecule has 3 N–H and O–H groups in total. The van der Waals surface area contributed by atoms with Crippen molar-refractivity contribution in [3.05, 3.63) is 30.1 Å². The highest BCUT2D eigenvalue weighted by atomic mass is 35.5. The van der Waals surface area contributed by atoms with E-state index in [9.17, 15) is 17.6 Å². The minimum absolute atomic E-state index is 0. The molecule has 1 unspecified atom stereocenters. The van der Waals surface area contributed by atoms with Gasteiger partial charge < -0.3 is 11.1 Å². The van der Waals surface area contributed by atoms with Crippen LogP contribution in [0.25, 0.3) is 0 Å². The second-order valence-electron chi connectivity index (χ2n) is 6.19. The lowest BCUT2D eigenvalue weighted by atomic mass is 9.97. The Balaban J connectivity index is 0.00000312. The highest BCUT2D eigenvalue weighted by Gasteiger charge is 2.33. The Kier molecular flexibility index (Phi) is 8.27. The fraction of sp³-hybridized carbons (Fsp3) is 0.562. The molecule has 1 aromatic rings. The normalized spacial score (nSPS) is 17.6. The van der Waals surface area contributed by atoms with Crippen molar-refractivity contribution >= 4 is 28.3 Å². The van der Waals surface area contributed by atoms with Gasteiger partial charge in [0.05, 0.1) is 0 Å². The number of nitrogens with one attached hydrogen (secondary N) is 1. The Labute approximate surface area is 154 Å². The van der Waals surface area contributed by atoms with Crippen LogP contribution in [0.15, 0.2) is 29.2 Å². The van der Waals surface area contributed by atoms with Crippen LogP contribution < -0.4 is 11.1 Å². The van der Waals surface area contributed by atoms with Crippen molar-refractivity contribution in [1.82, 2.24) is 9.62 Å². The van der Waals surface area contributed by atoms with E-state index in [0.717, 1.165) is 6.07 Å². The Morgan fingerprint density at radius 2 is 1.96 bits per heavy atom. The van der Waals surface area contributed by atoms with E-state index in [1.54, 1.807) is 0 Å². The summed E-state index contributed by atoms with van der Waals surface area (Å²) in [6, 6.07) is 5.34. The number of piperidine rings is 1. The van der Waals surface area contributed by atoms with Gasteiger partial charge in [-0.15, -0.1) is 12.4 Å². The Morgan fingerprint density at radius 1 is 1.36 bits per heavy atom. The molecule has 0 bridgehead atoms. The van der Waals surface area contributed by atoms with Gasteiger partial charge in [0.2, 0.25) is 15.9 Å². The zero-order valence-corrected chi connectivity index (χ0v) is 15.8. The van der Waals surface area contributed by atoms with Crippen LogP contribution in [0.4, 0.5) is 4.39 Å². The molecule has 0 spiro atoms. The lowest BCUT2D eigenvalue weighted by molar-refractivity contribution is -0.126. The van der Waals surface area contributed by atoms with E-state index in [0.29, 0.717) is 25.9 Å². The average molecular weight is 394 g/mol. The molecule has 1 saturated heterocycles. The molecule has 1 amide bonds. The molecule has 0 aromatic heterocycles. The standard InChI is InChI=1S/C16H24FN3O3S.ClH/c1-12(10-18)11-19-16(21)13-6-8-20(9-7-13)24(22,23)15-5-3-2-4-14(15)17;/h2-5,12-13H,6-11,18H2,1H3,(H,19,21);1H. The van der Waals surface area contributed by atoms with Gasteiger partial charge in [0.25, 0.3) is 0 Å². The molecular formula is C16H25ClFN3O3S. The van der Waals surface area contributed by atoms with Crippen LogP contribution >= 0.6 is 12.4 Å². The van der Waals surface area contributed by atoms with Crippen LogP contribution in [-0.2, 0) is 14.8 Å². The smallest absolute Gasteiger partial charge is 0.245 e. The number of carbonyl (C=O) groups excluding carboxylic acids is 1. The first-order valence-corrected chi connectivity index (χ1v) is 9.52. The second kappa shape index (κ2) is 9.47. The Morgan fingerprint density at radius 3 is 2.52 bits per heavy atom. The molecule has 6 nitrogen and oxygen atoms in total. The molecule has 9 heteroatoms. The number of sulfonamides is 1. The zero-order valence-electron chi connectivity index (χ0n) is 14.2. The molecular weight excluding hydrogens is 369 g/mol. The van der Waals surface area contributed by atoms with Crippen LogP contribution in [-0.4, -0.2) is 44.8 Å². The summed E-state index contributed by atoms with van der Waals surface area (Å²) in [7, 11) is -3.86. The maximum atomic E-state index is 13.8. The molecule has 25 heavy (non-hydrogen) atoms. The molecule has 2 rings (SSSR count). The lowest BCUT2D eigenvalue weighted by Gasteiger charge is -2.30. The predicted molar refractivity (Wildman–Crippen MR) is 96.4 cm³/mol. The molecule has 1 aromatic carbocycles. The van der Waals surface area contributed by atoms with Gasteiger partial charge in [-0.1, -0.05) is 19.1 Å². The first-order chi connectivity index (χ1) is 11.4. The predicted octanol–water partition coefficient (Wildman–Crippen LogP) is 1.36. The maximum absolute atomic E-state index is 13.8. The van der Waals surface area contributed by atoms with Crippen molar-refractivity contribution in [2.75, 3.05) is 26.2 Å². The quantitative estimate of drug-likeness (QED) is 0.763. The minimum atomic E-state index is -3.86. The summed E-state index contributed by atoms with van der Waals surface area (Å²) >= 11 is 0. The Hall–Kier alpha value is -1.22. The third-order valence-electron chi connectivity index (χ3n) is 4.31. The van der Waals surface area contributed by atoms with E-state index in [4.69, 9.17) is 5.73 Å². The van der Waals surface area contributed by atoms with E-state index in [-0.39, 0.29) is 48.1 Å². The highest BCUT2D eigenvalue weighted by molar-refractivity contribution is 7.89. The average Bonchev–Trinajstić information content (AvgIpc) is 2.59. The van der Waals surface area contributed by atoms with Gasteiger partial charge in [0.1, 0.15) is 10.7 Å². The number of rotatable bonds is 6. The lowest BCUT2D eigenvalue weighted by Crippen LogP contribution is -2.44. The number of nitrogens with zero attached hydrogens (tertiary/aromatic N) is 1. The first-order valence-electron chi connectivity index (χ1n) is 8.08. The summed E-state index contributed by atoms with van der Waals surface area (Å²) in [5.74, 6) is -0.844. The van der Waals surface area contributed by atoms with Crippen molar-refractivity contribution in [1.29, 1.82) is 0 Å². The number of hydrogen-bond donors (Lipinski definition) is 2. The monoisotopic (exact) mass is 393 g/mol. The highest BCUT2D eigenvalue weighted by Crippen LogP contribution is 2.25. The van der Waals surface area contributed by atoms with E-state index >= 15 is 0 Å². The summed E-state index contributed by atoms with van der Waals surface area (Å²) in [5.41, 5.74) is 5.51. The van der Waals surface area contributed by atoms with Crippen molar-refractivity contribution in [2.24, 2.45) is 17.6 Å². The van der Waals surface area contributed by atoms with Crippen LogP contribution in [0.3, 0.4) is 0 Å². The molecule has 1 aliphatic rings. The van der Waals surface area contributed by atoms with Gasteiger partial charge in [-0.05, 0) is 37.4 Å². The third kappa shape index (κ3) is 5.37. The zero-order chi connectivity index (χ0) is 17.7. The van der Waals surface area contributed by atoms with E-state index < -0.39 is 15.8 Å². The molecule has 1 aliphatic heterocycles. The number of hydrogen-bond acceptors (Lipinski definition) is 4. The number of halogens is 2. The first kappa shape index (κ1) is 21.8. The van der Waals surface area contributed by atoms with Gasteiger partial charge in [-0.2, -0.15) is 4.31 Å². The van der Waals surface area contributed by atoms with E-state index in [1.165, 1.54) is 22.5 Å². The topological polar surface area (TPSA) is 92.5 Å². The SMILES string of the molecule is CC(CN)CNC(=O)C1CCN(S(=O)(=O)c2ccccc2F)CC1.Cl. The van der Waals surface area contributed by atoms with Crippen LogP contribution in [0.5, 0.6) is 0 Å².